The highest BCUT2D eigenvalue weighted by molar-refractivity contribution is 5.91. The van der Waals surface area contributed by atoms with Crippen LogP contribution in [0.1, 0.15) is 10.5 Å². The van der Waals surface area contributed by atoms with Crippen molar-refractivity contribution in [1.29, 1.82) is 0 Å². The van der Waals surface area contributed by atoms with E-state index in [4.69, 9.17) is 15.2 Å². The summed E-state index contributed by atoms with van der Waals surface area (Å²) in [7, 11) is 3.00. The molecule has 0 spiro atoms. The molecule has 1 aromatic heterocycles. The summed E-state index contributed by atoms with van der Waals surface area (Å²) in [6, 6.07) is 0. The highest BCUT2D eigenvalue weighted by Gasteiger charge is 2.12. The number of hydrogen-bond donors (Lipinski definition) is 2. The van der Waals surface area contributed by atoms with E-state index in [1.165, 1.54) is 25.1 Å². The van der Waals surface area contributed by atoms with E-state index < -0.39 is 6.29 Å². The Morgan fingerprint density at radius 1 is 1.59 bits per heavy atom. The van der Waals surface area contributed by atoms with Crippen LogP contribution in [0.2, 0.25) is 0 Å². The van der Waals surface area contributed by atoms with Gasteiger partial charge >= 0.3 is 0 Å². The number of nitrogens with two attached hydrogens (primary N) is 1. The van der Waals surface area contributed by atoms with E-state index in [0.29, 0.717) is 13.1 Å². The monoisotopic (exact) mass is 243 g/mol. The molecule has 0 unspecified atom stereocenters. The second-order valence-electron chi connectivity index (χ2n) is 3.27. The molecule has 0 radical (unpaired) electrons. The van der Waals surface area contributed by atoms with Crippen LogP contribution in [-0.2, 0) is 16.0 Å². The zero-order valence-electron chi connectivity index (χ0n) is 9.92. The molecule has 0 aliphatic rings. The second kappa shape index (κ2) is 6.94. The number of carbonyl (C=O) groups is 1. The van der Waals surface area contributed by atoms with Crippen LogP contribution in [0, 0.1) is 0 Å². The quantitative estimate of drug-likeness (QED) is 0.570. The minimum absolute atomic E-state index is 0.240. The Kier molecular flexibility index (Phi) is 5.53. The van der Waals surface area contributed by atoms with Crippen LogP contribution in [0.25, 0.3) is 0 Å². The Labute approximate surface area is 99.1 Å². The summed E-state index contributed by atoms with van der Waals surface area (Å²) in [5.41, 5.74) is 5.60. The van der Waals surface area contributed by atoms with Gasteiger partial charge in [-0.25, -0.2) is 0 Å². The summed E-state index contributed by atoms with van der Waals surface area (Å²) in [5, 5.41) is 10.1. The average molecular weight is 243 g/mol. The molecular formula is C9H17N5O3. The number of hydrogen-bond acceptors (Lipinski definition) is 6. The molecule has 0 aromatic carbocycles. The maximum atomic E-state index is 11.6. The molecule has 3 N–H and O–H groups in total. The SMILES string of the molecule is COC(CNC(=O)c1cn(CCN)nn1)OC. The third kappa shape index (κ3) is 4.10. The summed E-state index contributed by atoms with van der Waals surface area (Å²) in [5.74, 6) is -0.327. The lowest BCUT2D eigenvalue weighted by Crippen LogP contribution is -2.34. The summed E-state index contributed by atoms with van der Waals surface area (Å²) in [6.45, 7) is 1.22. The summed E-state index contributed by atoms with van der Waals surface area (Å²) in [6.07, 6.45) is 1.06. The highest BCUT2D eigenvalue weighted by atomic mass is 16.7. The van der Waals surface area contributed by atoms with E-state index in [-0.39, 0.29) is 18.1 Å². The molecule has 0 bridgehead atoms. The van der Waals surface area contributed by atoms with Gasteiger partial charge in [0.15, 0.2) is 12.0 Å². The molecule has 0 aliphatic heterocycles. The van der Waals surface area contributed by atoms with Gasteiger partial charge in [-0.2, -0.15) is 0 Å². The van der Waals surface area contributed by atoms with Crippen LogP contribution in [-0.4, -0.2) is 54.5 Å². The molecule has 0 saturated heterocycles. The van der Waals surface area contributed by atoms with Crippen molar-refractivity contribution in [2.75, 3.05) is 27.3 Å². The van der Waals surface area contributed by atoms with Crippen LogP contribution in [0.3, 0.4) is 0 Å². The lowest BCUT2D eigenvalue weighted by Gasteiger charge is -2.13. The van der Waals surface area contributed by atoms with Gasteiger partial charge in [-0.15, -0.1) is 5.10 Å². The van der Waals surface area contributed by atoms with Crippen LogP contribution < -0.4 is 11.1 Å². The minimum Gasteiger partial charge on any atom is -0.354 e. The van der Waals surface area contributed by atoms with Gasteiger partial charge in [0.25, 0.3) is 5.91 Å². The van der Waals surface area contributed by atoms with Crippen molar-refractivity contribution in [2.45, 2.75) is 12.8 Å². The van der Waals surface area contributed by atoms with Gasteiger partial charge in [-0.05, 0) is 0 Å². The van der Waals surface area contributed by atoms with Crippen molar-refractivity contribution in [1.82, 2.24) is 20.3 Å². The fourth-order valence-electron chi connectivity index (χ4n) is 1.17. The standard InChI is InChI=1S/C9H17N5O3/c1-16-8(17-2)5-11-9(15)7-6-14(4-3-10)13-12-7/h6,8H,3-5,10H2,1-2H3,(H,11,15). The van der Waals surface area contributed by atoms with Crippen molar-refractivity contribution in [3.05, 3.63) is 11.9 Å². The van der Waals surface area contributed by atoms with Crippen molar-refractivity contribution in [2.24, 2.45) is 5.73 Å². The van der Waals surface area contributed by atoms with Gasteiger partial charge in [0.05, 0.1) is 19.3 Å². The van der Waals surface area contributed by atoms with Gasteiger partial charge in [0, 0.05) is 20.8 Å². The first-order valence-corrected chi connectivity index (χ1v) is 5.15. The maximum absolute atomic E-state index is 11.6. The minimum atomic E-state index is -0.474. The first-order valence-electron chi connectivity index (χ1n) is 5.15. The molecule has 1 rings (SSSR count). The van der Waals surface area contributed by atoms with Crippen LogP contribution in [0.15, 0.2) is 6.20 Å². The largest absolute Gasteiger partial charge is 0.354 e. The number of rotatable bonds is 7. The molecule has 8 heteroatoms. The number of aromatic nitrogens is 3. The zero-order chi connectivity index (χ0) is 12.7. The molecule has 1 amide bonds. The van der Waals surface area contributed by atoms with E-state index in [1.807, 2.05) is 0 Å². The summed E-state index contributed by atoms with van der Waals surface area (Å²) in [4.78, 5) is 11.6. The topological polar surface area (TPSA) is 104 Å². The average Bonchev–Trinajstić information content (AvgIpc) is 2.79. The normalized spacial score (nSPS) is 10.8. The fraction of sp³-hybridized carbons (Fsp3) is 0.667. The number of nitrogens with one attached hydrogen (secondary N) is 1. The molecule has 0 fully saturated rings. The number of methoxy groups -OCH3 is 2. The number of ether oxygens (including phenoxy) is 2. The first-order chi connectivity index (χ1) is 8.21. The van der Waals surface area contributed by atoms with Crippen LogP contribution in [0.4, 0.5) is 0 Å². The number of amides is 1. The van der Waals surface area contributed by atoms with Crippen molar-refractivity contribution in [3.8, 4) is 0 Å². The van der Waals surface area contributed by atoms with Crippen molar-refractivity contribution in [3.63, 3.8) is 0 Å². The Morgan fingerprint density at radius 3 is 2.88 bits per heavy atom. The molecule has 1 aromatic rings. The van der Waals surface area contributed by atoms with Gasteiger partial charge in [-0.1, -0.05) is 5.21 Å². The molecule has 0 atom stereocenters. The molecule has 8 nitrogen and oxygen atoms in total. The predicted molar refractivity (Wildman–Crippen MR) is 59.2 cm³/mol. The van der Waals surface area contributed by atoms with Crippen LogP contribution >= 0.6 is 0 Å². The lowest BCUT2D eigenvalue weighted by molar-refractivity contribution is -0.0974. The first kappa shape index (κ1) is 13.6. The molecule has 0 saturated carbocycles. The maximum Gasteiger partial charge on any atom is 0.273 e. The molecule has 1 heterocycles. The van der Waals surface area contributed by atoms with E-state index in [2.05, 4.69) is 15.6 Å². The van der Waals surface area contributed by atoms with Crippen molar-refractivity contribution < 1.29 is 14.3 Å². The fourth-order valence-corrected chi connectivity index (χ4v) is 1.17. The zero-order valence-corrected chi connectivity index (χ0v) is 9.92. The smallest absolute Gasteiger partial charge is 0.273 e. The Balaban J connectivity index is 2.46. The summed E-state index contributed by atoms with van der Waals surface area (Å²) < 4.78 is 11.4. The lowest BCUT2D eigenvalue weighted by atomic mass is 10.4. The van der Waals surface area contributed by atoms with Gasteiger partial charge in [-0.3, -0.25) is 9.48 Å². The predicted octanol–water partition coefficient (Wildman–Crippen LogP) is -1.41. The van der Waals surface area contributed by atoms with Gasteiger partial charge in [0.1, 0.15) is 0 Å². The van der Waals surface area contributed by atoms with E-state index in [1.54, 1.807) is 0 Å². The van der Waals surface area contributed by atoms with Crippen LogP contribution in [0.5, 0.6) is 0 Å². The van der Waals surface area contributed by atoms with E-state index in [9.17, 15) is 4.79 Å². The number of carbonyl (C=O) groups excluding carboxylic acids is 1. The molecular weight excluding hydrogens is 226 g/mol. The Bertz CT molecular complexity index is 350. The third-order valence-corrected chi connectivity index (χ3v) is 2.08. The summed E-state index contributed by atoms with van der Waals surface area (Å²) >= 11 is 0. The molecule has 0 aliphatic carbocycles. The highest BCUT2D eigenvalue weighted by Crippen LogP contribution is 1.94. The third-order valence-electron chi connectivity index (χ3n) is 2.08. The second-order valence-corrected chi connectivity index (χ2v) is 3.27. The van der Waals surface area contributed by atoms with Gasteiger partial charge in [0.2, 0.25) is 0 Å². The van der Waals surface area contributed by atoms with Gasteiger partial charge < -0.3 is 20.5 Å². The Morgan fingerprint density at radius 2 is 2.29 bits per heavy atom. The molecule has 96 valence electrons. The van der Waals surface area contributed by atoms with E-state index in [0.717, 1.165) is 0 Å². The molecule has 17 heavy (non-hydrogen) atoms. The van der Waals surface area contributed by atoms with Crippen molar-refractivity contribution >= 4 is 5.91 Å². The Hall–Kier alpha value is -1.51. The van der Waals surface area contributed by atoms with E-state index >= 15 is 0 Å². The number of nitrogens with zero attached hydrogens (tertiary/aromatic N) is 3.